The van der Waals surface area contributed by atoms with Crippen molar-refractivity contribution in [2.75, 3.05) is 0 Å². The Morgan fingerprint density at radius 3 is 2.57 bits per heavy atom. The Balaban J connectivity index is 1.49. The van der Waals surface area contributed by atoms with Crippen LogP contribution >= 0.6 is 0 Å². The zero-order valence-electron chi connectivity index (χ0n) is 14.4. The third-order valence-electron chi connectivity index (χ3n) is 4.21. The molecule has 6 nitrogen and oxygen atoms in total. The Labute approximate surface area is 157 Å². The average Bonchev–Trinajstić information content (AvgIpc) is 3.29. The maximum absolute atomic E-state index is 12.2. The standard InChI is InChI=1S/C19H15F3N4O2/c20-19(21,22)28-13-7-5-11(6-8-13)17-25-26-18(27-17)15(23)9-12-10-24-16-4-2-1-3-14(12)16/h1-8,10,15,24H,9,23H2/t15-/m0/s1. The fraction of sp³-hybridized carbons (Fsp3) is 0.158. The number of nitrogens with zero attached hydrogens (tertiary/aromatic N) is 2. The molecule has 4 rings (SSSR count). The Morgan fingerprint density at radius 1 is 1.07 bits per heavy atom. The van der Waals surface area contributed by atoms with Gasteiger partial charge in [-0.3, -0.25) is 0 Å². The number of para-hydroxylation sites is 1. The monoisotopic (exact) mass is 388 g/mol. The van der Waals surface area contributed by atoms with Gasteiger partial charge in [0.15, 0.2) is 0 Å². The minimum Gasteiger partial charge on any atom is -0.419 e. The van der Waals surface area contributed by atoms with Crippen molar-refractivity contribution in [3.05, 3.63) is 66.2 Å². The van der Waals surface area contributed by atoms with E-state index in [1.807, 2.05) is 30.5 Å². The van der Waals surface area contributed by atoms with E-state index in [9.17, 15) is 13.2 Å². The second-order valence-corrected chi connectivity index (χ2v) is 6.19. The van der Waals surface area contributed by atoms with E-state index in [2.05, 4.69) is 19.9 Å². The molecule has 2 aromatic carbocycles. The number of benzene rings is 2. The van der Waals surface area contributed by atoms with Crippen LogP contribution in [0.5, 0.6) is 5.75 Å². The topological polar surface area (TPSA) is 90.0 Å². The highest BCUT2D eigenvalue weighted by Gasteiger charge is 2.31. The molecule has 0 saturated heterocycles. The number of nitrogens with one attached hydrogen (secondary N) is 1. The lowest BCUT2D eigenvalue weighted by molar-refractivity contribution is -0.274. The number of hydrogen-bond acceptors (Lipinski definition) is 5. The van der Waals surface area contributed by atoms with Crippen LogP contribution in [0.25, 0.3) is 22.4 Å². The molecule has 0 aliphatic carbocycles. The van der Waals surface area contributed by atoms with Gasteiger partial charge in [0, 0.05) is 22.7 Å². The lowest BCUT2D eigenvalue weighted by Crippen LogP contribution is -2.16. The summed E-state index contributed by atoms with van der Waals surface area (Å²) >= 11 is 0. The summed E-state index contributed by atoms with van der Waals surface area (Å²) in [5, 5.41) is 8.98. The number of ether oxygens (including phenoxy) is 1. The smallest absolute Gasteiger partial charge is 0.419 e. The Morgan fingerprint density at radius 2 is 1.82 bits per heavy atom. The molecule has 0 saturated carbocycles. The van der Waals surface area contributed by atoms with E-state index < -0.39 is 12.4 Å². The van der Waals surface area contributed by atoms with Gasteiger partial charge in [-0.15, -0.1) is 23.4 Å². The minimum absolute atomic E-state index is 0.169. The summed E-state index contributed by atoms with van der Waals surface area (Å²) in [4.78, 5) is 3.18. The van der Waals surface area contributed by atoms with Crippen molar-refractivity contribution < 1.29 is 22.3 Å². The number of H-pyrrole nitrogens is 1. The summed E-state index contributed by atoms with van der Waals surface area (Å²) < 4.78 is 46.1. The number of alkyl halides is 3. The van der Waals surface area contributed by atoms with Crippen LogP contribution < -0.4 is 10.5 Å². The number of fused-ring (bicyclic) bond motifs is 1. The highest BCUT2D eigenvalue weighted by Crippen LogP contribution is 2.28. The van der Waals surface area contributed by atoms with Crippen LogP contribution in [0.2, 0.25) is 0 Å². The van der Waals surface area contributed by atoms with Crippen molar-refractivity contribution in [3.8, 4) is 17.2 Å². The summed E-state index contributed by atoms with van der Waals surface area (Å²) in [6.07, 6.45) is -2.36. The zero-order valence-corrected chi connectivity index (χ0v) is 14.4. The van der Waals surface area contributed by atoms with Crippen LogP contribution in [0, 0.1) is 0 Å². The molecule has 2 heterocycles. The fourth-order valence-electron chi connectivity index (χ4n) is 2.92. The van der Waals surface area contributed by atoms with Crippen molar-refractivity contribution in [3.63, 3.8) is 0 Å². The predicted octanol–water partition coefficient (Wildman–Crippen LogP) is 4.36. The van der Waals surface area contributed by atoms with E-state index in [0.29, 0.717) is 12.0 Å². The number of rotatable bonds is 5. The molecule has 0 radical (unpaired) electrons. The third-order valence-corrected chi connectivity index (χ3v) is 4.21. The average molecular weight is 388 g/mol. The first kappa shape index (κ1) is 18.1. The molecule has 0 fully saturated rings. The highest BCUT2D eigenvalue weighted by atomic mass is 19.4. The molecule has 2 aromatic heterocycles. The Bertz CT molecular complexity index is 1090. The number of aromatic nitrogens is 3. The quantitative estimate of drug-likeness (QED) is 0.530. The first-order valence-corrected chi connectivity index (χ1v) is 8.39. The first-order chi connectivity index (χ1) is 13.4. The second-order valence-electron chi connectivity index (χ2n) is 6.19. The van der Waals surface area contributed by atoms with Crippen LogP contribution in [0.4, 0.5) is 13.2 Å². The zero-order chi connectivity index (χ0) is 19.7. The number of halogens is 3. The molecule has 9 heteroatoms. The molecule has 0 unspecified atom stereocenters. The van der Waals surface area contributed by atoms with Crippen LogP contribution in [-0.2, 0) is 6.42 Å². The van der Waals surface area contributed by atoms with E-state index in [4.69, 9.17) is 10.2 Å². The van der Waals surface area contributed by atoms with E-state index >= 15 is 0 Å². The summed E-state index contributed by atoms with van der Waals surface area (Å²) in [5.41, 5.74) is 8.71. The van der Waals surface area contributed by atoms with Crippen molar-refractivity contribution in [1.29, 1.82) is 0 Å². The summed E-state index contributed by atoms with van der Waals surface area (Å²) in [6.45, 7) is 0. The Hall–Kier alpha value is -3.33. The van der Waals surface area contributed by atoms with Gasteiger partial charge in [0.05, 0.1) is 6.04 Å². The maximum atomic E-state index is 12.2. The van der Waals surface area contributed by atoms with Crippen LogP contribution in [-0.4, -0.2) is 21.5 Å². The van der Waals surface area contributed by atoms with Gasteiger partial charge in [0.1, 0.15) is 5.75 Å². The van der Waals surface area contributed by atoms with Crippen molar-refractivity contribution >= 4 is 10.9 Å². The molecule has 0 amide bonds. The van der Waals surface area contributed by atoms with Gasteiger partial charge in [-0.25, -0.2) is 0 Å². The fourth-order valence-corrected chi connectivity index (χ4v) is 2.92. The number of hydrogen-bond donors (Lipinski definition) is 2. The van der Waals surface area contributed by atoms with Crippen molar-refractivity contribution in [2.45, 2.75) is 18.8 Å². The molecule has 0 aliphatic rings. The third kappa shape index (κ3) is 3.84. The molecule has 4 aromatic rings. The summed E-state index contributed by atoms with van der Waals surface area (Å²) in [6, 6.07) is 12.5. The van der Waals surface area contributed by atoms with Crippen molar-refractivity contribution in [2.24, 2.45) is 5.73 Å². The highest BCUT2D eigenvalue weighted by molar-refractivity contribution is 5.83. The molecule has 144 valence electrons. The predicted molar refractivity (Wildman–Crippen MR) is 95.3 cm³/mol. The van der Waals surface area contributed by atoms with Gasteiger partial charge in [-0.1, -0.05) is 18.2 Å². The van der Waals surface area contributed by atoms with E-state index in [0.717, 1.165) is 16.5 Å². The van der Waals surface area contributed by atoms with E-state index in [1.54, 1.807) is 0 Å². The van der Waals surface area contributed by atoms with E-state index in [1.165, 1.54) is 24.3 Å². The molecule has 0 spiro atoms. The van der Waals surface area contributed by atoms with Crippen LogP contribution in [0.15, 0.2) is 59.1 Å². The van der Waals surface area contributed by atoms with Crippen molar-refractivity contribution in [1.82, 2.24) is 15.2 Å². The second kappa shape index (κ2) is 7.01. The maximum Gasteiger partial charge on any atom is 0.573 e. The lowest BCUT2D eigenvalue weighted by atomic mass is 10.1. The molecule has 1 atom stereocenters. The minimum atomic E-state index is -4.74. The number of aromatic amines is 1. The summed E-state index contributed by atoms with van der Waals surface area (Å²) in [5.74, 6) is 0.0888. The molecule has 28 heavy (non-hydrogen) atoms. The van der Waals surface area contributed by atoms with Gasteiger partial charge >= 0.3 is 6.36 Å². The molecule has 0 aliphatic heterocycles. The van der Waals surface area contributed by atoms with Crippen LogP contribution in [0.1, 0.15) is 17.5 Å². The van der Waals surface area contributed by atoms with Crippen LogP contribution in [0.3, 0.4) is 0 Å². The van der Waals surface area contributed by atoms with Gasteiger partial charge in [-0.05, 0) is 42.3 Å². The largest absolute Gasteiger partial charge is 0.573 e. The SMILES string of the molecule is N[C@@H](Cc1c[nH]c2ccccc12)c1nnc(-c2ccc(OC(F)(F)F)cc2)o1. The van der Waals surface area contributed by atoms with Gasteiger partial charge in [0.25, 0.3) is 0 Å². The molecule has 3 N–H and O–H groups in total. The summed E-state index contributed by atoms with van der Waals surface area (Å²) in [7, 11) is 0. The normalized spacial score (nSPS) is 13.0. The van der Waals surface area contributed by atoms with Gasteiger partial charge in [-0.2, -0.15) is 0 Å². The lowest BCUT2D eigenvalue weighted by Gasteiger charge is -2.08. The Kier molecular flexibility index (Phi) is 4.52. The first-order valence-electron chi connectivity index (χ1n) is 8.39. The van der Waals surface area contributed by atoms with Gasteiger partial charge < -0.3 is 19.9 Å². The molecular formula is C19H15F3N4O2. The molecule has 0 bridgehead atoms. The van der Waals surface area contributed by atoms with E-state index in [-0.39, 0.29) is 17.5 Å². The van der Waals surface area contributed by atoms with Gasteiger partial charge in [0.2, 0.25) is 11.8 Å². The molecular weight excluding hydrogens is 373 g/mol. The number of nitrogens with two attached hydrogens (primary N) is 1.